The average molecular weight is 265 g/mol. The van der Waals surface area contributed by atoms with Crippen molar-refractivity contribution in [3.05, 3.63) is 0 Å². The Morgan fingerprint density at radius 2 is 1.84 bits per heavy atom. The molecular formula is C16H27NO2. The van der Waals surface area contributed by atoms with Crippen LogP contribution < -0.4 is 0 Å². The van der Waals surface area contributed by atoms with E-state index in [9.17, 15) is 4.79 Å². The van der Waals surface area contributed by atoms with Gasteiger partial charge in [0.2, 0.25) is 0 Å². The molecule has 3 nitrogen and oxygen atoms in total. The van der Waals surface area contributed by atoms with Gasteiger partial charge in [-0.15, -0.1) is 0 Å². The van der Waals surface area contributed by atoms with E-state index in [0.29, 0.717) is 12.0 Å². The van der Waals surface area contributed by atoms with E-state index in [4.69, 9.17) is 4.74 Å². The van der Waals surface area contributed by atoms with Crippen molar-refractivity contribution in [2.45, 2.75) is 63.5 Å². The number of nitrogens with zero attached hydrogens (tertiary/aromatic N) is 1. The lowest BCUT2D eigenvalue weighted by Gasteiger charge is -2.45. The molecule has 3 aliphatic rings. The second-order valence-electron chi connectivity index (χ2n) is 6.81. The summed E-state index contributed by atoms with van der Waals surface area (Å²) in [4.78, 5) is 14.8. The first-order chi connectivity index (χ1) is 9.22. The number of methoxy groups -OCH3 is 1. The predicted octanol–water partition coefficient (Wildman–Crippen LogP) is 2.84. The van der Waals surface area contributed by atoms with Crippen molar-refractivity contribution >= 4 is 5.97 Å². The van der Waals surface area contributed by atoms with E-state index in [1.165, 1.54) is 51.4 Å². The summed E-state index contributed by atoms with van der Waals surface area (Å²) in [6.45, 7) is 0. The van der Waals surface area contributed by atoms with Gasteiger partial charge in [-0.2, -0.15) is 0 Å². The molecule has 0 aromatic heterocycles. The molecule has 2 bridgehead atoms. The van der Waals surface area contributed by atoms with E-state index in [0.717, 1.165) is 12.0 Å². The van der Waals surface area contributed by atoms with E-state index < -0.39 is 0 Å². The first-order valence-corrected chi connectivity index (χ1v) is 8.02. The summed E-state index contributed by atoms with van der Waals surface area (Å²) in [7, 11) is 3.76. The van der Waals surface area contributed by atoms with Crippen molar-refractivity contribution in [1.29, 1.82) is 0 Å². The number of hydrogen-bond acceptors (Lipinski definition) is 3. The number of carbonyl (C=O) groups excluding carboxylic acids is 1. The molecule has 1 saturated carbocycles. The molecule has 0 spiro atoms. The van der Waals surface area contributed by atoms with Gasteiger partial charge in [-0.1, -0.05) is 32.1 Å². The molecule has 2 aliphatic heterocycles. The number of esters is 1. The van der Waals surface area contributed by atoms with Gasteiger partial charge < -0.3 is 4.74 Å². The highest BCUT2D eigenvalue weighted by Crippen LogP contribution is 2.47. The van der Waals surface area contributed by atoms with Crippen LogP contribution in [0.3, 0.4) is 0 Å². The van der Waals surface area contributed by atoms with Crippen molar-refractivity contribution in [2.24, 2.45) is 17.8 Å². The monoisotopic (exact) mass is 265 g/mol. The zero-order chi connectivity index (χ0) is 13.4. The van der Waals surface area contributed by atoms with Gasteiger partial charge in [-0.3, -0.25) is 9.69 Å². The molecule has 3 rings (SSSR count). The van der Waals surface area contributed by atoms with Crippen LogP contribution in [-0.4, -0.2) is 37.1 Å². The normalized spacial score (nSPS) is 40.3. The Kier molecular flexibility index (Phi) is 3.84. The summed E-state index contributed by atoms with van der Waals surface area (Å²) in [6, 6.07) is 1.16. The van der Waals surface area contributed by atoms with Gasteiger partial charge in [-0.25, -0.2) is 0 Å². The minimum Gasteiger partial charge on any atom is -0.469 e. The lowest BCUT2D eigenvalue weighted by atomic mass is 9.68. The molecule has 2 saturated heterocycles. The van der Waals surface area contributed by atoms with Gasteiger partial charge in [-0.05, 0) is 38.1 Å². The number of ether oxygens (including phenoxy) is 1. The molecule has 0 aromatic rings. The van der Waals surface area contributed by atoms with Crippen LogP contribution in [0.2, 0.25) is 0 Å². The second-order valence-corrected chi connectivity index (χ2v) is 6.81. The van der Waals surface area contributed by atoms with Gasteiger partial charge in [0.05, 0.1) is 13.0 Å². The second kappa shape index (κ2) is 5.43. The smallest absolute Gasteiger partial charge is 0.310 e. The van der Waals surface area contributed by atoms with E-state index in [2.05, 4.69) is 11.9 Å². The van der Waals surface area contributed by atoms with Gasteiger partial charge >= 0.3 is 5.97 Å². The fraction of sp³-hybridized carbons (Fsp3) is 0.938. The first-order valence-electron chi connectivity index (χ1n) is 8.02. The summed E-state index contributed by atoms with van der Waals surface area (Å²) in [5, 5.41) is 0. The molecule has 0 radical (unpaired) electrons. The summed E-state index contributed by atoms with van der Waals surface area (Å²) < 4.78 is 5.14. The van der Waals surface area contributed by atoms with Gasteiger partial charge in [0.25, 0.3) is 0 Å². The van der Waals surface area contributed by atoms with Crippen LogP contribution in [-0.2, 0) is 9.53 Å². The topological polar surface area (TPSA) is 29.5 Å². The summed E-state index contributed by atoms with van der Waals surface area (Å²) >= 11 is 0. The maximum Gasteiger partial charge on any atom is 0.310 e. The highest BCUT2D eigenvalue weighted by atomic mass is 16.5. The minimum atomic E-state index is 0.0489. The van der Waals surface area contributed by atoms with E-state index >= 15 is 0 Å². The van der Waals surface area contributed by atoms with Crippen LogP contribution in [0.15, 0.2) is 0 Å². The molecule has 0 amide bonds. The Morgan fingerprint density at radius 1 is 1.11 bits per heavy atom. The molecule has 0 N–H and O–H groups in total. The van der Waals surface area contributed by atoms with Crippen LogP contribution in [0.25, 0.3) is 0 Å². The summed E-state index contributed by atoms with van der Waals surface area (Å²) in [6.07, 6.45) is 10.5. The van der Waals surface area contributed by atoms with Gasteiger partial charge in [0.1, 0.15) is 0 Å². The van der Waals surface area contributed by atoms with Crippen molar-refractivity contribution < 1.29 is 9.53 Å². The molecule has 0 unspecified atom stereocenters. The Bertz CT molecular complexity index is 338. The van der Waals surface area contributed by atoms with Crippen molar-refractivity contribution in [1.82, 2.24) is 4.90 Å². The van der Waals surface area contributed by atoms with E-state index in [1.54, 1.807) is 7.11 Å². The highest BCUT2D eigenvalue weighted by Gasteiger charge is 2.51. The summed E-state index contributed by atoms with van der Waals surface area (Å²) in [5.41, 5.74) is 0. The van der Waals surface area contributed by atoms with E-state index in [1.807, 2.05) is 0 Å². The molecule has 0 aromatic carbocycles. The molecular weight excluding hydrogens is 238 g/mol. The third-order valence-electron chi connectivity index (χ3n) is 6.04. The Hall–Kier alpha value is -0.570. The van der Waals surface area contributed by atoms with Crippen LogP contribution in [0.4, 0.5) is 0 Å². The van der Waals surface area contributed by atoms with E-state index in [-0.39, 0.29) is 11.9 Å². The molecule has 1 aliphatic carbocycles. The Balaban J connectivity index is 1.82. The molecule has 3 fully saturated rings. The highest BCUT2D eigenvalue weighted by molar-refractivity contribution is 5.74. The van der Waals surface area contributed by atoms with Crippen LogP contribution in [0.5, 0.6) is 0 Å². The molecule has 19 heavy (non-hydrogen) atoms. The number of fused-ring (bicyclic) bond motifs is 2. The minimum absolute atomic E-state index is 0.0489. The SMILES string of the molecule is COC(=O)[C@H]1[C@@H](C2CCCCC2)C[C@@H]2CC[C@H]1N2C. The largest absolute Gasteiger partial charge is 0.469 e. The number of piperidine rings is 1. The van der Waals surface area contributed by atoms with Crippen LogP contribution >= 0.6 is 0 Å². The van der Waals surface area contributed by atoms with Crippen molar-refractivity contribution in [3.63, 3.8) is 0 Å². The fourth-order valence-electron chi connectivity index (χ4n) is 5.02. The van der Waals surface area contributed by atoms with Crippen molar-refractivity contribution in [2.75, 3.05) is 14.2 Å². The molecule has 108 valence electrons. The quantitative estimate of drug-likeness (QED) is 0.719. The maximum atomic E-state index is 12.3. The molecule has 3 heteroatoms. The van der Waals surface area contributed by atoms with Gasteiger partial charge in [0.15, 0.2) is 0 Å². The summed E-state index contributed by atoms with van der Waals surface area (Å²) in [5.74, 6) is 1.54. The average Bonchev–Trinajstić information content (AvgIpc) is 2.70. The third kappa shape index (κ3) is 2.31. The lowest BCUT2D eigenvalue weighted by molar-refractivity contribution is -0.154. The lowest BCUT2D eigenvalue weighted by Crippen LogP contribution is -2.51. The predicted molar refractivity (Wildman–Crippen MR) is 74.8 cm³/mol. The van der Waals surface area contributed by atoms with Gasteiger partial charge in [0, 0.05) is 12.1 Å². The van der Waals surface area contributed by atoms with Crippen LogP contribution in [0, 0.1) is 17.8 Å². The Labute approximate surface area is 116 Å². The number of rotatable bonds is 2. The van der Waals surface area contributed by atoms with Crippen molar-refractivity contribution in [3.8, 4) is 0 Å². The number of carbonyl (C=O) groups is 1. The fourth-order valence-corrected chi connectivity index (χ4v) is 5.02. The molecule has 2 heterocycles. The standard InChI is InChI=1S/C16H27NO2/c1-17-12-8-9-14(17)15(16(18)19-2)13(10-12)11-6-4-3-5-7-11/h11-15H,3-10H2,1-2H3/t12-,13+,14+,15-/m0/s1. The van der Waals surface area contributed by atoms with Crippen LogP contribution in [0.1, 0.15) is 51.4 Å². The zero-order valence-electron chi connectivity index (χ0n) is 12.3. The Morgan fingerprint density at radius 3 is 2.53 bits per heavy atom. The first kappa shape index (κ1) is 13.4. The number of hydrogen-bond donors (Lipinski definition) is 0. The zero-order valence-corrected chi connectivity index (χ0v) is 12.3. The third-order valence-corrected chi connectivity index (χ3v) is 6.04. The molecule has 4 atom stereocenters. The maximum absolute atomic E-state index is 12.3.